The summed E-state index contributed by atoms with van der Waals surface area (Å²) in [5, 5.41) is 5.91. The fourth-order valence-corrected chi connectivity index (χ4v) is 4.72. The van der Waals surface area contributed by atoms with E-state index in [1.807, 2.05) is 0 Å². The predicted molar refractivity (Wildman–Crippen MR) is 153 cm³/mol. The molecule has 0 atom stereocenters. The van der Waals surface area contributed by atoms with Gasteiger partial charge in [-0.2, -0.15) is 12.1 Å². The molecule has 0 radical (unpaired) electrons. The van der Waals surface area contributed by atoms with Crippen LogP contribution in [0.2, 0.25) is 0 Å². The van der Waals surface area contributed by atoms with Crippen LogP contribution in [0.5, 0.6) is 0 Å². The van der Waals surface area contributed by atoms with Gasteiger partial charge in [-0.1, -0.05) is 90.5 Å². The zero-order chi connectivity index (χ0) is 24.4. The van der Waals surface area contributed by atoms with Gasteiger partial charge in [-0.05, 0) is 12.8 Å². The van der Waals surface area contributed by atoms with E-state index in [0.717, 1.165) is 12.8 Å². The Morgan fingerprint density at radius 2 is 0.970 bits per heavy atom. The molecule has 0 unspecified atom stereocenters. The Labute approximate surface area is 224 Å². The first-order chi connectivity index (χ1) is 15.9. The molecule has 0 heterocycles. The van der Waals surface area contributed by atoms with Gasteiger partial charge < -0.3 is 0 Å². The van der Waals surface area contributed by atoms with E-state index in [4.69, 9.17) is 0 Å². The third-order valence-electron chi connectivity index (χ3n) is 6.22. The fraction of sp³-hybridized carbons (Fsp3) is 0.400. The van der Waals surface area contributed by atoms with Crippen molar-refractivity contribution in [2.45, 2.75) is 80.1 Å². The van der Waals surface area contributed by atoms with Gasteiger partial charge in [-0.25, -0.2) is 0 Å². The molecule has 0 saturated carbocycles. The molecule has 0 aliphatic rings. The SMILES string of the molecule is CCCc1ccc(CC)c2[cH-]c(C)cc12.CCCc1ccc(CC)c2[cH-]c(C)cc12.[Br][Zr+2][Br]. The van der Waals surface area contributed by atoms with Crippen LogP contribution in [0.25, 0.3) is 21.5 Å². The van der Waals surface area contributed by atoms with E-state index in [0.29, 0.717) is 0 Å². The van der Waals surface area contributed by atoms with Gasteiger partial charge in [0.1, 0.15) is 0 Å². The van der Waals surface area contributed by atoms with Crippen LogP contribution in [0.3, 0.4) is 0 Å². The van der Waals surface area contributed by atoms with Crippen molar-refractivity contribution in [2.24, 2.45) is 0 Å². The van der Waals surface area contributed by atoms with Crippen LogP contribution in [-0.2, 0) is 44.2 Å². The van der Waals surface area contributed by atoms with E-state index in [9.17, 15) is 0 Å². The first kappa shape index (κ1) is 28.7. The molecule has 3 heteroatoms. The summed E-state index contributed by atoms with van der Waals surface area (Å²) in [5.41, 5.74) is 8.78. The number of benzene rings is 2. The Balaban J connectivity index is 0.000000209. The van der Waals surface area contributed by atoms with Gasteiger partial charge in [0.05, 0.1) is 0 Å². The quantitative estimate of drug-likeness (QED) is 0.182. The molecule has 0 aliphatic heterocycles. The molecule has 4 rings (SSSR count). The maximum absolute atomic E-state index is 3.23. The van der Waals surface area contributed by atoms with Crippen molar-refractivity contribution < 1.29 is 18.5 Å². The van der Waals surface area contributed by atoms with Crippen LogP contribution < -0.4 is 0 Å². The Morgan fingerprint density at radius 3 is 1.27 bits per heavy atom. The first-order valence-electron chi connectivity index (χ1n) is 12.3. The molecule has 176 valence electrons. The zero-order valence-electron chi connectivity index (χ0n) is 21.1. The van der Waals surface area contributed by atoms with Gasteiger partial charge in [0.2, 0.25) is 0 Å². The summed E-state index contributed by atoms with van der Waals surface area (Å²) >= 11 is 6.32. The normalized spacial score (nSPS) is 10.4. The molecule has 0 bridgehead atoms. The summed E-state index contributed by atoms with van der Waals surface area (Å²) in [4.78, 5) is 0. The number of rotatable bonds is 6. The molecule has 0 aromatic heterocycles. The fourth-order valence-electron chi connectivity index (χ4n) is 4.72. The van der Waals surface area contributed by atoms with Gasteiger partial charge in [0, 0.05) is 0 Å². The van der Waals surface area contributed by atoms with E-state index < -0.39 is 0 Å². The van der Waals surface area contributed by atoms with E-state index >= 15 is 0 Å². The van der Waals surface area contributed by atoms with E-state index in [2.05, 4.69) is 115 Å². The molecule has 33 heavy (non-hydrogen) atoms. The van der Waals surface area contributed by atoms with E-state index in [-0.39, 0.29) is 18.5 Å². The third-order valence-corrected chi connectivity index (χ3v) is 6.22. The van der Waals surface area contributed by atoms with Crippen LogP contribution in [0.4, 0.5) is 0 Å². The summed E-state index contributed by atoms with van der Waals surface area (Å²) in [5.74, 6) is 0. The van der Waals surface area contributed by atoms with Crippen LogP contribution in [0.1, 0.15) is 73.9 Å². The van der Waals surface area contributed by atoms with Crippen LogP contribution in [-0.4, -0.2) is 0 Å². The summed E-state index contributed by atoms with van der Waals surface area (Å²) in [6.45, 7) is 13.3. The predicted octanol–water partition coefficient (Wildman–Crippen LogP) is 10.5. The molecule has 0 aliphatic carbocycles. The van der Waals surface area contributed by atoms with Crippen molar-refractivity contribution in [3.8, 4) is 0 Å². The van der Waals surface area contributed by atoms with Gasteiger partial charge in [-0.3, -0.25) is 0 Å². The molecule has 0 spiro atoms. The second-order valence-electron chi connectivity index (χ2n) is 8.77. The van der Waals surface area contributed by atoms with Crippen LogP contribution in [0, 0.1) is 13.8 Å². The van der Waals surface area contributed by atoms with Crippen molar-refractivity contribution in [2.75, 3.05) is 0 Å². The topological polar surface area (TPSA) is 0 Å². The molecule has 4 aromatic carbocycles. The molecule has 0 saturated heterocycles. The molecule has 0 amide bonds. The molecular formula is C30H38Br2Zr. The van der Waals surface area contributed by atoms with Gasteiger partial charge in [-0.15, -0.1) is 68.1 Å². The number of hydrogen-bond acceptors (Lipinski definition) is 0. The Bertz CT molecular complexity index is 1040. The van der Waals surface area contributed by atoms with E-state index in [1.165, 1.54) is 80.6 Å². The molecular weight excluding hydrogens is 611 g/mol. The van der Waals surface area contributed by atoms with Crippen molar-refractivity contribution in [1.82, 2.24) is 0 Å². The van der Waals surface area contributed by atoms with Crippen molar-refractivity contribution >= 4 is 46.0 Å². The standard InChI is InChI=1S/2C15H19.2BrH.Zr/c2*1-4-6-13-8-7-12(5-2)14-9-11(3)10-15(13)14;;;/h2*7-10H,4-6H2,1-3H3;2*1H;/q2*-1;;;+4/p-2. The van der Waals surface area contributed by atoms with Crippen LogP contribution in [0.15, 0.2) is 48.5 Å². The molecule has 0 fully saturated rings. The zero-order valence-corrected chi connectivity index (χ0v) is 26.7. The Kier molecular flexibility index (Phi) is 12.9. The first-order valence-corrected chi connectivity index (χ1v) is 23.5. The average molecular weight is 650 g/mol. The second kappa shape index (κ2) is 14.8. The Morgan fingerprint density at radius 1 is 0.636 bits per heavy atom. The molecule has 0 N–H and O–H groups in total. The number of aryl methyl sites for hydroxylation is 6. The maximum atomic E-state index is 3.23. The van der Waals surface area contributed by atoms with Crippen molar-refractivity contribution in [3.05, 3.63) is 81.9 Å². The summed E-state index contributed by atoms with van der Waals surface area (Å²) < 4.78 is 0. The van der Waals surface area contributed by atoms with Gasteiger partial charge in [0.25, 0.3) is 0 Å². The van der Waals surface area contributed by atoms with Crippen molar-refractivity contribution in [1.29, 1.82) is 0 Å². The van der Waals surface area contributed by atoms with Gasteiger partial charge >= 0.3 is 43.0 Å². The molecule has 4 aromatic rings. The van der Waals surface area contributed by atoms with Crippen molar-refractivity contribution in [3.63, 3.8) is 0 Å². The Hall–Kier alpha value is -0.497. The monoisotopic (exact) mass is 646 g/mol. The average Bonchev–Trinajstić information content (AvgIpc) is 3.38. The van der Waals surface area contributed by atoms with E-state index in [1.54, 1.807) is 0 Å². The van der Waals surface area contributed by atoms with Crippen LogP contribution >= 0.6 is 24.4 Å². The summed E-state index contributed by atoms with van der Waals surface area (Å²) in [7, 11) is 0. The summed E-state index contributed by atoms with van der Waals surface area (Å²) in [6, 6.07) is 18.5. The number of halogens is 2. The summed E-state index contributed by atoms with van der Waals surface area (Å²) in [6.07, 6.45) is 7.11. The van der Waals surface area contributed by atoms with Gasteiger partial charge in [0.15, 0.2) is 0 Å². The number of fused-ring (bicyclic) bond motifs is 2. The minimum absolute atomic E-state index is 0.145. The molecule has 0 nitrogen and oxygen atoms in total. The second-order valence-corrected chi connectivity index (χ2v) is 20.1. The third kappa shape index (κ3) is 7.74. The minimum atomic E-state index is -0.145. The number of hydrogen-bond donors (Lipinski definition) is 0.